The molecule has 0 aliphatic carbocycles. The van der Waals surface area contributed by atoms with Gasteiger partial charge in [-0.3, -0.25) is 37.3 Å². The normalized spacial score (nSPS) is 15.1. The van der Waals surface area contributed by atoms with Gasteiger partial charge in [-0.1, -0.05) is 299 Å². The molecule has 0 saturated heterocycles. The maximum absolute atomic E-state index is 13.0. The highest BCUT2D eigenvalue weighted by molar-refractivity contribution is 7.47. The van der Waals surface area contributed by atoms with E-state index in [1.54, 1.807) is 0 Å². The largest absolute Gasteiger partial charge is 0.472 e. The second kappa shape index (κ2) is 61.0. The third-order valence-electron chi connectivity index (χ3n) is 17.2. The number of aliphatic hydroxyl groups is 1. The van der Waals surface area contributed by atoms with E-state index in [-0.39, 0.29) is 25.7 Å². The number of hydrogen-bond acceptors (Lipinski definition) is 15. The van der Waals surface area contributed by atoms with Gasteiger partial charge in [0.1, 0.15) is 19.3 Å². The van der Waals surface area contributed by atoms with Gasteiger partial charge in [-0.2, -0.15) is 0 Å². The average molecular weight is 1310 g/mol. The highest BCUT2D eigenvalue weighted by Crippen LogP contribution is 2.45. The van der Waals surface area contributed by atoms with E-state index in [9.17, 15) is 43.2 Å². The monoisotopic (exact) mass is 1310 g/mol. The van der Waals surface area contributed by atoms with Gasteiger partial charge in [0.05, 0.1) is 26.4 Å². The number of aliphatic hydroxyl groups excluding tert-OH is 1. The SMILES string of the molecule is CCCCCCCCCCCCCCCCCC(=O)O[C@H](COC(=O)CCCCCCCCCCC(C)CC)COP(=O)(O)OC[C@@H](O)COP(=O)(O)OC[C@@H](COC(=O)CCCCCCCCC(C)CC)OC(=O)CCCCCCCCCCC(C)CC. The van der Waals surface area contributed by atoms with Crippen molar-refractivity contribution in [3.05, 3.63) is 0 Å². The molecular weight excluding hydrogens is 1170 g/mol. The van der Waals surface area contributed by atoms with E-state index >= 15 is 0 Å². The Morgan fingerprint density at radius 3 is 0.798 bits per heavy atom. The van der Waals surface area contributed by atoms with Crippen LogP contribution in [0.4, 0.5) is 0 Å². The van der Waals surface area contributed by atoms with Gasteiger partial charge in [-0.15, -0.1) is 0 Å². The lowest BCUT2D eigenvalue weighted by atomic mass is 9.99. The molecular formula is C70H136O17P2. The van der Waals surface area contributed by atoms with Crippen LogP contribution in [0.5, 0.6) is 0 Å². The molecule has 0 aromatic heterocycles. The van der Waals surface area contributed by atoms with Crippen LogP contribution in [0.2, 0.25) is 0 Å². The Balaban J connectivity index is 5.27. The molecule has 0 radical (unpaired) electrons. The van der Waals surface area contributed by atoms with E-state index < -0.39 is 97.5 Å². The Kier molecular flexibility index (Phi) is 59.6. The molecule has 0 saturated carbocycles. The van der Waals surface area contributed by atoms with Crippen LogP contribution in [0.15, 0.2) is 0 Å². The molecule has 89 heavy (non-hydrogen) atoms. The Hall–Kier alpha value is -1.94. The quantitative estimate of drug-likeness (QED) is 0.0222. The fourth-order valence-electron chi connectivity index (χ4n) is 10.4. The van der Waals surface area contributed by atoms with E-state index in [1.165, 1.54) is 154 Å². The van der Waals surface area contributed by atoms with Crippen molar-refractivity contribution in [2.45, 2.75) is 369 Å². The fourth-order valence-corrected chi connectivity index (χ4v) is 12.0. The number of unbranched alkanes of at least 4 members (excludes halogenated alkanes) is 33. The van der Waals surface area contributed by atoms with Crippen LogP contribution in [0.3, 0.4) is 0 Å². The highest BCUT2D eigenvalue weighted by Gasteiger charge is 2.30. The standard InChI is InChI=1S/C70H136O17P2/c1-8-12-13-14-15-16-17-18-19-20-21-22-30-39-46-53-69(74)86-65(57-80-67(72)51-44-37-29-25-23-27-34-41-48-61(5)9-2)59-84-88(76,77)82-55-64(71)56-83-89(78,79)85-60-66(58-81-68(73)52-45-38-33-32-36-43-50-63(7)11-4)87-70(75)54-47-40-31-26-24-28-35-42-49-62(6)10-3/h61-66,71H,8-60H2,1-7H3,(H,76,77)(H,78,79)/t61?,62?,63?,64-,65-,66-/m1/s1. The summed E-state index contributed by atoms with van der Waals surface area (Å²) in [6.07, 6.45) is 44.3. The van der Waals surface area contributed by atoms with Crippen molar-refractivity contribution < 1.29 is 80.2 Å². The molecule has 3 N–H and O–H groups in total. The number of rotatable bonds is 68. The zero-order valence-corrected chi connectivity index (χ0v) is 59.7. The highest BCUT2D eigenvalue weighted by atomic mass is 31.2. The minimum absolute atomic E-state index is 0.104. The Labute approximate surface area is 543 Å². The van der Waals surface area contributed by atoms with Crippen molar-refractivity contribution >= 4 is 39.5 Å². The molecule has 0 aromatic rings. The number of phosphoric ester groups is 2. The van der Waals surface area contributed by atoms with Gasteiger partial charge in [0.25, 0.3) is 0 Å². The van der Waals surface area contributed by atoms with Crippen LogP contribution in [-0.4, -0.2) is 96.7 Å². The van der Waals surface area contributed by atoms with Crippen LogP contribution < -0.4 is 0 Å². The van der Waals surface area contributed by atoms with E-state index in [0.717, 1.165) is 114 Å². The summed E-state index contributed by atoms with van der Waals surface area (Å²) < 4.78 is 68.3. The molecule has 19 heteroatoms. The van der Waals surface area contributed by atoms with Crippen LogP contribution in [0.25, 0.3) is 0 Å². The van der Waals surface area contributed by atoms with Crippen LogP contribution in [-0.2, 0) is 65.4 Å². The summed E-state index contributed by atoms with van der Waals surface area (Å²) in [6.45, 7) is 11.8. The van der Waals surface area contributed by atoms with Gasteiger partial charge >= 0.3 is 39.5 Å². The predicted molar refractivity (Wildman–Crippen MR) is 358 cm³/mol. The number of carbonyl (C=O) groups is 4. The smallest absolute Gasteiger partial charge is 0.462 e. The lowest BCUT2D eigenvalue weighted by Crippen LogP contribution is -2.30. The summed E-state index contributed by atoms with van der Waals surface area (Å²) >= 11 is 0. The summed E-state index contributed by atoms with van der Waals surface area (Å²) in [5, 5.41) is 10.6. The first-order valence-electron chi connectivity index (χ1n) is 36.5. The minimum Gasteiger partial charge on any atom is -0.462 e. The van der Waals surface area contributed by atoms with Crippen molar-refractivity contribution in [3.63, 3.8) is 0 Å². The van der Waals surface area contributed by atoms with Crippen molar-refractivity contribution in [2.24, 2.45) is 17.8 Å². The second-order valence-corrected chi connectivity index (χ2v) is 28.9. The summed E-state index contributed by atoms with van der Waals surface area (Å²) in [5.41, 5.74) is 0. The zero-order valence-electron chi connectivity index (χ0n) is 57.9. The van der Waals surface area contributed by atoms with Crippen molar-refractivity contribution in [2.75, 3.05) is 39.6 Å². The third kappa shape index (κ3) is 60.7. The molecule has 17 nitrogen and oxygen atoms in total. The van der Waals surface area contributed by atoms with Crippen molar-refractivity contribution in [1.29, 1.82) is 0 Å². The molecule has 0 bridgehead atoms. The molecule has 8 atom stereocenters. The van der Waals surface area contributed by atoms with E-state index in [4.69, 9.17) is 37.0 Å². The van der Waals surface area contributed by atoms with Gasteiger partial charge in [-0.05, 0) is 43.4 Å². The first-order chi connectivity index (χ1) is 42.8. The molecule has 0 fully saturated rings. The van der Waals surface area contributed by atoms with Crippen LogP contribution >= 0.6 is 15.6 Å². The van der Waals surface area contributed by atoms with Gasteiger partial charge in [0.15, 0.2) is 12.2 Å². The number of esters is 4. The van der Waals surface area contributed by atoms with Gasteiger partial charge in [0.2, 0.25) is 0 Å². The zero-order chi connectivity index (χ0) is 65.9. The van der Waals surface area contributed by atoms with Gasteiger partial charge in [-0.25, -0.2) is 9.13 Å². The summed E-state index contributed by atoms with van der Waals surface area (Å²) in [6, 6.07) is 0. The summed E-state index contributed by atoms with van der Waals surface area (Å²) in [5.74, 6) is 0.150. The summed E-state index contributed by atoms with van der Waals surface area (Å²) in [4.78, 5) is 72.5. The second-order valence-electron chi connectivity index (χ2n) is 26.0. The minimum atomic E-state index is -4.95. The first kappa shape index (κ1) is 87.1. The summed E-state index contributed by atoms with van der Waals surface area (Å²) in [7, 11) is -9.90. The van der Waals surface area contributed by atoms with E-state index in [0.29, 0.717) is 25.7 Å². The maximum atomic E-state index is 13.0. The van der Waals surface area contributed by atoms with Crippen molar-refractivity contribution in [1.82, 2.24) is 0 Å². The molecule has 0 rings (SSSR count). The Morgan fingerprint density at radius 1 is 0.315 bits per heavy atom. The Bertz CT molecular complexity index is 1760. The molecule has 0 aliphatic rings. The number of phosphoric acid groups is 2. The maximum Gasteiger partial charge on any atom is 0.472 e. The van der Waals surface area contributed by atoms with E-state index in [2.05, 4.69) is 48.5 Å². The van der Waals surface area contributed by atoms with Crippen LogP contribution in [0.1, 0.15) is 350 Å². The Morgan fingerprint density at radius 2 is 0.539 bits per heavy atom. The predicted octanol–water partition coefficient (Wildman–Crippen LogP) is 19.8. The third-order valence-corrected chi connectivity index (χ3v) is 19.1. The van der Waals surface area contributed by atoms with Gasteiger partial charge < -0.3 is 33.8 Å². The molecule has 528 valence electrons. The lowest BCUT2D eigenvalue weighted by Gasteiger charge is -2.21. The number of ether oxygens (including phenoxy) is 4. The molecule has 0 heterocycles. The molecule has 0 aliphatic heterocycles. The first-order valence-corrected chi connectivity index (χ1v) is 39.5. The lowest BCUT2D eigenvalue weighted by molar-refractivity contribution is -0.161. The van der Waals surface area contributed by atoms with Crippen LogP contribution in [0, 0.1) is 17.8 Å². The fraction of sp³-hybridized carbons (Fsp3) is 0.943. The van der Waals surface area contributed by atoms with Gasteiger partial charge in [0, 0.05) is 25.7 Å². The van der Waals surface area contributed by atoms with Crippen molar-refractivity contribution in [3.8, 4) is 0 Å². The molecule has 0 spiro atoms. The number of carbonyl (C=O) groups excluding carboxylic acids is 4. The van der Waals surface area contributed by atoms with E-state index in [1.807, 2.05) is 0 Å². The molecule has 0 aromatic carbocycles. The topological polar surface area (TPSA) is 237 Å². The molecule has 0 amide bonds. The molecule has 5 unspecified atom stereocenters. The number of hydrogen-bond donors (Lipinski definition) is 3. The average Bonchev–Trinajstić information content (AvgIpc) is 3.69.